The standard InChI is InChI=1S/C26H28FN3O4.C2HF3O2/c1-15-18(3-4-20-22(15)14-34-26(20)32)24(31)11-29-7-8-30-12-25(33-13-17(30)10-29)19-5-6-23(27)21(9-28)16(19)2;3-2(4,5)1(6)7/h3-6,17,24-25,31H,7-8,10-14H2,1-2H3;(H,6,7)/t17-,24-,25-;/m0./s1. The third-order valence-corrected chi connectivity index (χ3v) is 7.73. The average molecular weight is 580 g/mol. The molecule has 0 spiro atoms. The molecule has 0 aromatic heterocycles. The molecule has 2 N–H and O–H groups in total. The Balaban J connectivity index is 0.000000493. The van der Waals surface area contributed by atoms with Crippen molar-refractivity contribution >= 4 is 11.9 Å². The van der Waals surface area contributed by atoms with Crippen molar-refractivity contribution in [2.45, 2.75) is 44.9 Å². The fourth-order valence-corrected chi connectivity index (χ4v) is 5.45. The number of esters is 1. The molecule has 3 aliphatic heterocycles. The predicted octanol–water partition coefficient (Wildman–Crippen LogP) is 3.41. The Kier molecular flexibility index (Phi) is 8.98. The van der Waals surface area contributed by atoms with E-state index in [0.717, 1.165) is 41.9 Å². The second-order valence-corrected chi connectivity index (χ2v) is 10.2. The number of cyclic esters (lactones) is 1. The van der Waals surface area contributed by atoms with Crippen molar-refractivity contribution in [2.75, 3.05) is 39.3 Å². The van der Waals surface area contributed by atoms with Crippen molar-refractivity contribution in [1.82, 2.24) is 9.80 Å². The number of halogens is 4. The van der Waals surface area contributed by atoms with E-state index in [1.165, 1.54) is 6.07 Å². The van der Waals surface area contributed by atoms with Crippen molar-refractivity contribution in [3.8, 4) is 6.07 Å². The highest BCUT2D eigenvalue weighted by Crippen LogP contribution is 2.32. The summed E-state index contributed by atoms with van der Waals surface area (Å²) in [6.07, 6.45) is -5.93. The first-order chi connectivity index (χ1) is 19.3. The Morgan fingerprint density at radius 1 is 1.17 bits per heavy atom. The summed E-state index contributed by atoms with van der Waals surface area (Å²) in [5.41, 5.74) is 4.81. The number of aliphatic carboxylic acids is 1. The highest BCUT2D eigenvalue weighted by molar-refractivity contribution is 5.94. The number of piperazine rings is 1. The lowest BCUT2D eigenvalue weighted by atomic mass is 9.94. The molecule has 0 bridgehead atoms. The Bertz CT molecular complexity index is 1380. The van der Waals surface area contributed by atoms with Gasteiger partial charge in [-0.2, -0.15) is 18.4 Å². The number of β-amino-alcohol motifs (C(OH)–C–C–N with tert-alkyl or cyclic N) is 1. The van der Waals surface area contributed by atoms with Gasteiger partial charge in [-0.05, 0) is 48.2 Å². The van der Waals surface area contributed by atoms with Crippen LogP contribution in [0.5, 0.6) is 0 Å². The maximum absolute atomic E-state index is 13.9. The van der Waals surface area contributed by atoms with Crippen LogP contribution in [0.1, 0.15) is 55.9 Å². The predicted molar refractivity (Wildman–Crippen MR) is 135 cm³/mol. The van der Waals surface area contributed by atoms with Crippen LogP contribution < -0.4 is 0 Å². The Labute approximate surface area is 233 Å². The van der Waals surface area contributed by atoms with Crippen LogP contribution in [0.3, 0.4) is 0 Å². The van der Waals surface area contributed by atoms with Gasteiger partial charge in [0.2, 0.25) is 0 Å². The zero-order valence-corrected chi connectivity index (χ0v) is 22.4. The Morgan fingerprint density at radius 2 is 1.88 bits per heavy atom. The van der Waals surface area contributed by atoms with Gasteiger partial charge in [-0.15, -0.1) is 0 Å². The number of alkyl halides is 3. The van der Waals surface area contributed by atoms with Gasteiger partial charge in [0.1, 0.15) is 18.5 Å². The second kappa shape index (κ2) is 12.1. The van der Waals surface area contributed by atoms with Crippen molar-refractivity contribution < 1.29 is 46.8 Å². The summed E-state index contributed by atoms with van der Waals surface area (Å²) in [5.74, 6) is -3.56. The summed E-state index contributed by atoms with van der Waals surface area (Å²) >= 11 is 0. The van der Waals surface area contributed by atoms with Crippen molar-refractivity contribution in [1.29, 1.82) is 5.26 Å². The minimum absolute atomic E-state index is 0.0832. The van der Waals surface area contributed by atoms with E-state index in [1.807, 2.05) is 19.1 Å². The van der Waals surface area contributed by atoms with Crippen LogP contribution in [0.25, 0.3) is 0 Å². The minimum Gasteiger partial charge on any atom is -0.475 e. The largest absolute Gasteiger partial charge is 0.490 e. The van der Waals surface area contributed by atoms with E-state index in [4.69, 9.17) is 19.4 Å². The average Bonchev–Trinajstić information content (AvgIpc) is 3.30. The molecule has 9 nitrogen and oxygen atoms in total. The molecule has 5 rings (SSSR count). The van der Waals surface area contributed by atoms with Crippen molar-refractivity contribution in [3.63, 3.8) is 0 Å². The molecule has 0 amide bonds. The molecule has 41 heavy (non-hydrogen) atoms. The van der Waals surface area contributed by atoms with Gasteiger partial charge in [0, 0.05) is 44.3 Å². The number of carbonyl (C=O) groups is 2. The number of hydrogen-bond donors (Lipinski definition) is 2. The van der Waals surface area contributed by atoms with Crippen LogP contribution >= 0.6 is 0 Å². The third kappa shape index (κ3) is 6.51. The van der Waals surface area contributed by atoms with Crippen LogP contribution in [0.15, 0.2) is 24.3 Å². The number of hydrogen-bond acceptors (Lipinski definition) is 8. The number of aliphatic hydroxyl groups is 1. The quantitative estimate of drug-likeness (QED) is 0.414. The number of carboxylic acid groups (broad SMARTS) is 1. The van der Waals surface area contributed by atoms with E-state index in [-0.39, 0.29) is 30.3 Å². The van der Waals surface area contributed by atoms with Gasteiger partial charge in [0.25, 0.3) is 0 Å². The number of carboxylic acids is 1. The summed E-state index contributed by atoms with van der Waals surface area (Å²) in [6, 6.07) is 8.81. The zero-order chi connectivity index (χ0) is 30.1. The molecule has 0 radical (unpaired) electrons. The number of benzene rings is 2. The number of carbonyl (C=O) groups excluding carboxylic acids is 1. The summed E-state index contributed by atoms with van der Waals surface area (Å²) in [5, 5.41) is 27.4. The lowest BCUT2D eigenvalue weighted by molar-refractivity contribution is -0.192. The second-order valence-electron chi connectivity index (χ2n) is 10.2. The van der Waals surface area contributed by atoms with Gasteiger partial charge >= 0.3 is 18.1 Å². The molecule has 3 heterocycles. The van der Waals surface area contributed by atoms with E-state index in [0.29, 0.717) is 30.8 Å². The molecule has 2 aromatic carbocycles. The topological polar surface area (TPSA) is 123 Å². The number of fused-ring (bicyclic) bond motifs is 2. The first kappa shape index (κ1) is 30.4. The highest BCUT2D eigenvalue weighted by atomic mass is 19.4. The molecule has 3 aliphatic rings. The molecule has 2 aromatic rings. The van der Waals surface area contributed by atoms with Gasteiger partial charge < -0.3 is 19.7 Å². The molecule has 0 aliphatic carbocycles. The third-order valence-electron chi connectivity index (χ3n) is 7.73. The van der Waals surface area contributed by atoms with E-state index < -0.39 is 24.1 Å². The summed E-state index contributed by atoms with van der Waals surface area (Å²) < 4.78 is 57.0. The van der Waals surface area contributed by atoms with Gasteiger partial charge in [0.05, 0.1) is 29.9 Å². The zero-order valence-electron chi connectivity index (χ0n) is 22.4. The maximum atomic E-state index is 13.9. The van der Waals surface area contributed by atoms with E-state index in [2.05, 4.69) is 9.80 Å². The van der Waals surface area contributed by atoms with Crippen LogP contribution in [0.2, 0.25) is 0 Å². The van der Waals surface area contributed by atoms with E-state index >= 15 is 0 Å². The molecule has 0 saturated carbocycles. The molecule has 0 unspecified atom stereocenters. The number of nitriles is 1. The number of ether oxygens (including phenoxy) is 2. The van der Waals surface area contributed by atoms with Gasteiger partial charge in [-0.25, -0.2) is 14.0 Å². The van der Waals surface area contributed by atoms with Crippen LogP contribution in [-0.4, -0.2) is 83.5 Å². The molecule has 2 saturated heterocycles. The number of rotatable bonds is 4. The van der Waals surface area contributed by atoms with Gasteiger partial charge in [-0.1, -0.05) is 12.1 Å². The van der Waals surface area contributed by atoms with Crippen LogP contribution in [-0.2, 0) is 20.9 Å². The monoisotopic (exact) mass is 579 g/mol. The van der Waals surface area contributed by atoms with Crippen molar-refractivity contribution in [2.24, 2.45) is 0 Å². The van der Waals surface area contributed by atoms with E-state index in [9.17, 15) is 32.7 Å². The number of nitrogens with zero attached hydrogens (tertiary/aromatic N) is 3. The minimum atomic E-state index is -5.08. The summed E-state index contributed by atoms with van der Waals surface area (Å²) in [4.78, 5) is 25.3. The van der Waals surface area contributed by atoms with Gasteiger partial charge in [0.15, 0.2) is 0 Å². The Morgan fingerprint density at radius 3 is 2.54 bits per heavy atom. The lowest BCUT2D eigenvalue weighted by Gasteiger charge is -2.46. The molecule has 3 atom stereocenters. The highest BCUT2D eigenvalue weighted by Gasteiger charge is 2.38. The molecule has 13 heteroatoms. The summed E-state index contributed by atoms with van der Waals surface area (Å²) in [7, 11) is 0. The number of morpholine rings is 1. The first-order valence-corrected chi connectivity index (χ1v) is 12.9. The summed E-state index contributed by atoms with van der Waals surface area (Å²) in [6.45, 7) is 8.14. The molecular weight excluding hydrogens is 550 g/mol. The smallest absolute Gasteiger partial charge is 0.475 e. The fourth-order valence-electron chi connectivity index (χ4n) is 5.45. The van der Waals surface area contributed by atoms with Crippen LogP contribution in [0.4, 0.5) is 17.6 Å². The molecular formula is C28H29F4N3O6. The number of aliphatic hydroxyl groups excluding tert-OH is 1. The lowest BCUT2D eigenvalue weighted by Crippen LogP contribution is -2.58. The SMILES string of the molecule is Cc1c([C@@H]2CN3CCN(C[C@H](O)c4ccc5c(c4C)COC5=O)C[C@H]3CO2)ccc(F)c1C#N.O=C(O)C(F)(F)F. The first-order valence-electron chi connectivity index (χ1n) is 12.9. The van der Waals surface area contributed by atoms with Gasteiger partial charge in [-0.3, -0.25) is 9.80 Å². The van der Waals surface area contributed by atoms with E-state index in [1.54, 1.807) is 19.1 Å². The molecule has 220 valence electrons. The van der Waals surface area contributed by atoms with Crippen LogP contribution in [0, 0.1) is 31.0 Å². The Hall–Kier alpha value is -3.57. The molecule has 2 fully saturated rings. The normalized spacial score (nSPS) is 21.6. The maximum Gasteiger partial charge on any atom is 0.490 e. The fraction of sp³-hybridized carbons (Fsp3) is 0.464. The van der Waals surface area contributed by atoms with Crippen molar-refractivity contribution in [3.05, 3.63) is 69.0 Å².